The summed E-state index contributed by atoms with van der Waals surface area (Å²) in [6.45, 7) is 1.31. The van der Waals surface area contributed by atoms with Crippen LogP contribution in [-0.2, 0) is 6.42 Å². The quantitative estimate of drug-likeness (QED) is 0.411. The number of nitro benzene ring substituents is 1. The Kier molecular flexibility index (Phi) is 4.99. The van der Waals surface area contributed by atoms with Gasteiger partial charge in [0, 0.05) is 6.07 Å². The monoisotopic (exact) mass is 355 g/mol. The molecule has 0 saturated heterocycles. The van der Waals surface area contributed by atoms with Gasteiger partial charge in [-0.05, 0) is 30.2 Å². The van der Waals surface area contributed by atoms with Crippen molar-refractivity contribution in [3.8, 4) is 17.1 Å². The molecule has 0 unspecified atom stereocenters. The van der Waals surface area contributed by atoms with Gasteiger partial charge in [-0.1, -0.05) is 31.5 Å². The highest BCUT2D eigenvalue weighted by Gasteiger charge is 2.24. The summed E-state index contributed by atoms with van der Waals surface area (Å²) in [5.41, 5.74) is 0.777. The second kappa shape index (κ2) is 7.37. The van der Waals surface area contributed by atoms with E-state index in [2.05, 4.69) is 0 Å². The van der Waals surface area contributed by atoms with Crippen LogP contribution in [0.25, 0.3) is 22.3 Å². The molecule has 3 aromatic rings. The number of nitrogens with zero attached hydrogens (tertiary/aromatic N) is 1. The van der Waals surface area contributed by atoms with Crippen LogP contribution < -0.4 is 10.2 Å². The Bertz CT molecular complexity index is 1020. The van der Waals surface area contributed by atoms with Crippen molar-refractivity contribution in [2.24, 2.45) is 0 Å². The van der Waals surface area contributed by atoms with Crippen molar-refractivity contribution >= 4 is 16.7 Å². The zero-order valence-electron chi connectivity index (χ0n) is 14.1. The number of aryl methyl sites for hydroxylation is 1. The number of aliphatic hydroxyl groups is 1. The van der Waals surface area contributed by atoms with Crippen LogP contribution in [0.1, 0.15) is 18.9 Å². The van der Waals surface area contributed by atoms with Crippen molar-refractivity contribution in [3.05, 3.63) is 68.4 Å². The summed E-state index contributed by atoms with van der Waals surface area (Å²) in [7, 11) is 0. The second-order valence-electron chi connectivity index (χ2n) is 5.70. The predicted molar refractivity (Wildman–Crippen MR) is 96.3 cm³/mol. The molecule has 7 nitrogen and oxygen atoms in total. The standard InChI is InChI=1S/C19H17NO6/c1-2-5-12-6-3-7-13-15(22)10-17(26-19(12)13)14-8-4-9-16(25-11-21)18(14)20(23)24/h3-4,6-10,21H,2,5,11H2,1H3. The van der Waals surface area contributed by atoms with Crippen molar-refractivity contribution in [2.75, 3.05) is 6.79 Å². The number of benzene rings is 2. The maximum absolute atomic E-state index is 12.5. The third kappa shape index (κ3) is 3.16. The van der Waals surface area contributed by atoms with E-state index in [1.54, 1.807) is 12.1 Å². The number of fused-ring (bicyclic) bond motifs is 1. The summed E-state index contributed by atoms with van der Waals surface area (Å²) >= 11 is 0. The lowest BCUT2D eigenvalue weighted by Crippen LogP contribution is -2.04. The molecule has 26 heavy (non-hydrogen) atoms. The Morgan fingerprint density at radius 1 is 1.23 bits per heavy atom. The van der Waals surface area contributed by atoms with Crippen molar-refractivity contribution in [2.45, 2.75) is 19.8 Å². The average molecular weight is 355 g/mol. The Hall–Kier alpha value is -3.19. The third-order valence-electron chi connectivity index (χ3n) is 4.02. The van der Waals surface area contributed by atoms with Gasteiger partial charge in [0.05, 0.1) is 15.9 Å². The fourth-order valence-electron chi connectivity index (χ4n) is 2.93. The summed E-state index contributed by atoms with van der Waals surface area (Å²) in [4.78, 5) is 23.4. The molecular weight excluding hydrogens is 338 g/mol. The largest absolute Gasteiger partial charge is 0.461 e. The van der Waals surface area contributed by atoms with Crippen LogP contribution in [-0.4, -0.2) is 16.8 Å². The number of nitro groups is 1. The van der Waals surface area contributed by atoms with Crippen LogP contribution in [0.15, 0.2) is 51.7 Å². The zero-order chi connectivity index (χ0) is 18.7. The zero-order valence-corrected chi connectivity index (χ0v) is 14.1. The van der Waals surface area contributed by atoms with Crippen LogP contribution in [0.5, 0.6) is 5.75 Å². The maximum atomic E-state index is 12.5. The van der Waals surface area contributed by atoms with E-state index in [1.807, 2.05) is 13.0 Å². The number of para-hydroxylation sites is 2. The molecule has 0 saturated carbocycles. The van der Waals surface area contributed by atoms with Gasteiger partial charge in [0.2, 0.25) is 5.75 Å². The molecule has 0 amide bonds. The number of rotatable bonds is 6. The van der Waals surface area contributed by atoms with Gasteiger partial charge in [-0.3, -0.25) is 14.9 Å². The first-order chi connectivity index (χ1) is 12.6. The van der Waals surface area contributed by atoms with Gasteiger partial charge < -0.3 is 14.3 Å². The van der Waals surface area contributed by atoms with E-state index in [1.165, 1.54) is 24.3 Å². The molecule has 0 radical (unpaired) electrons. The highest BCUT2D eigenvalue weighted by atomic mass is 16.6. The number of hydrogen-bond donors (Lipinski definition) is 1. The topological polar surface area (TPSA) is 103 Å². The first kappa shape index (κ1) is 17.6. The van der Waals surface area contributed by atoms with Gasteiger partial charge in [-0.25, -0.2) is 0 Å². The summed E-state index contributed by atoms with van der Waals surface area (Å²) in [5, 5.41) is 20.9. The molecule has 2 aromatic carbocycles. The van der Waals surface area contributed by atoms with Gasteiger partial charge in [-0.2, -0.15) is 0 Å². The fraction of sp³-hybridized carbons (Fsp3) is 0.211. The highest BCUT2D eigenvalue weighted by molar-refractivity contribution is 5.83. The molecular formula is C19H17NO6. The van der Waals surface area contributed by atoms with Crippen molar-refractivity contribution in [1.82, 2.24) is 0 Å². The molecule has 0 aliphatic carbocycles. The van der Waals surface area contributed by atoms with Crippen molar-refractivity contribution < 1.29 is 19.2 Å². The molecule has 1 N–H and O–H groups in total. The van der Waals surface area contributed by atoms with Gasteiger partial charge >= 0.3 is 5.69 Å². The van der Waals surface area contributed by atoms with Crippen LogP contribution in [0.4, 0.5) is 5.69 Å². The lowest BCUT2D eigenvalue weighted by Gasteiger charge is -2.09. The summed E-state index contributed by atoms with van der Waals surface area (Å²) < 4.78 is 10.8. The Morgan fingerprint density at radius 2 is 2.00 bits per heavy atom. The van der Waals surface area contributed by atoms with E-state index in [0.29, 0.717) is 11.0 Å². The summed E-state index contributed by atoms with van der Waals surface area (Å²) in [6, 6.07) is 11.0. The smallest absolute Gasteiger partial charge is 0.321 e. The molecule has 1 heterocycles. The van der Waals surface area contributed by atoms with Gasteiger partial charge in [0.15, 0.2) is 12.2 Å². The normalized spacial score (nSPS) is 10.8. The van der Waals surface area contributed by atoms with Gasteiger partial charge in [0.1, 0.15) is 11.3 Å². The van der Waals surface area contributed by atoms with E-state index >= 15 is 0 Å². The molecule has 0 spiro atoms. The fourth-order valence-corrected chi connectivity index (χ4v) is 2.93. The first-order valence-corrected chi connectivity index (χ1v) is 8.14. The molecule has 0 bridgehead atoms. The van der Waals surface area contributed by atoms with Gasteiger partial charge in [0.25, 0.3) is 0 Å². The summed E-state index contributed by atoms with van der Waals surface area (Å²) in [5.74, 6) is -0.0132. The average Bonchev–Trinajstić information content (AvgIpc) is 2.62. The first-order valence-electron chi connectivity index (χ1n) is 8.14. The summed E-state index contributed by atoms with van der Waals surface area (Å²) in [6.07, 6.45) is 1.59. The Labute approximate surface area is 148 Å². The van der Waals surface area contributed by atoms with Crippen LogP contribution in [0.2, 0.25) is 0 Å². The van der Waals surface area contributed by atoms with Crippen molar-refractivity contribution in [3.63, 3.8) is 0 Å². The van der Waals surface area contributed by atoms with E-state index in [0.717, 1.165) is 18.4 Å². The van der Waals surface area contributed by atoms with E-state index in [-0.39, 0.29) is 28.2 Å². The lowest BCUT2D eigenvalue weighted by atomic mass is 10.0. The minimum Gasteiger partial charge on any atom is -0.461 e. The number of ether oxygens (including phenoxy) is 1. The molecule has 3 rings (SSSR count). The number of hydrogen-bond acceptors (Lipinski definition) is 6. The number of aliphatic hydroxyl groups excluding tert-OH is 1. The maximum Gasteiger partial charge on any atom is 0.321 e. The Morgan fingerprint density at radius 3 is 2.69 bits per heavy atom. The van der Waals surface area contributed by atoms with Gasteiger partial charge in [-0.15, -0.1) is 0 Å². The van der Waals surface area contributed by atoms with E-state index in [4.69, 9.17) is 14.3 Å². The molecule has 1 aromatic heterocycles. The molecule has 0 aliphatic heterocycles. The molecule has 134 valence electrons. The SMILES string of the molecule is CCCc1cccc2c(=O)cc(-c3cccc(OCO)c3[N+](=O)[O-])oc12. The Balaban J connectivity index is 2.29. The minimum absolute atomic E-state index is 0.0844. The lowest BCUT2D eigenvalue weighted by molar-refractivity contribution is -0.385. The van der Waals surface area contributed by atoms with Crippen LogP contribution >= 0.6 is 0 Å². The molecule has 0 aliphatic rings. The van der Waals surface area contributed by atoms with E-state index in [9.17, 15) is 14.9 Å². The highest BCUT2D eigenvalue weighted by Crippen LogP contribution is 2.38. The van der Waals surface area contributed by atoms with Crippen molar-refractivity contribution in [1.29, 1.82) is 0 Å². The second-order valence-corrected chi connectivity index (χ2v) is 5.70. The van der Waals surface area contributed by atoms with E-state index < -0.39 is 11.7 Å². The minimum atomic E-state index is -0.702. The molecule has 0 fully saturated rings. The molecule has 7 heteroatoms. The molecule has 0 atom stereocenters. The third-order valence-corrected chi connectivity index (χ3v) is 4.02. The van der Waals surface area contributed by atoms with Crippen LogP contribution in [0.3, 0.4) is 0 Å². The van der Waals surface area contributed by atoms with Crippen LogP contribution in [0, 0.1) is 10.1 Å². The predicted octanol–water partition coefficient (Wildman–Crippen LogP) is 3.65.